The van der Waals surface area contributed by atoms with E-state index in [4.69, 9.17) is 10.8 Å². The molecule has 1 atom stereocenters. The average molecular weight is 119 g/mol. The van der Waals surface area contributed by atoms with Gasteiger partial charge in [0.05, 0.1) is 6.21 Å². The van der Waals surface area contributed by atoms with Crippen LogP contribution < -0.4 is 0 Å². The summed E-state index contributed by atoms with van der Waals surface area (Å²) in [6, 6.07) is 0. The minimum absolute atomic E-state index is 0.461. The van der Waals surface area contributed by atoms with Gasteiger partial charge in [-0.2, -0.15) is 0 Å². The number of nitrogens with one attached hydrogen (secondary N) is 2. The summed E-state index contributed by atoms with van der Waals surface area (Å²) in [6.07, 6.45) is 0.461. The van der Waals surface area contributed by atoms with E-state index in [9.17, 15) is 8.76 Å². The van der Waals surface area contributed by atoms with Crippen molar-refractivity contribution in [1.29, 1.82) is 10.8 Å². The lowest BCUT2D eigenvalue weighted by Crippen LogP contribution is -2.04. The molecule has 0 heterocycles. The lowest BCUT2D eigenvalue weighted by Gasteiger charge is -1.96. The highest BCUT2D eigenvalue weighted by Crippen LogP contribution is 1.69. The minimum atomic E-state index is -2.52. The SMILES string of the molecule is N=CC(=N)S(=O)[O-]. The molecule has 0 amide bonds. The van der Waals surface area contributed by atoms with E-state index < -0.39 is 16.1 Å². The largest absolute Gasteiger partial charge is 0.767 e. The molecule has 1 unspecified atom stereocenters. The molecule has 0 spiro atoms. The fourth-order valence-corrected chi connectivity index (χ4v) is 0.144. The van der Waals surface area contributed by atoms with Crippen molar-refractivity contribution in [3.63, 3.8) is 0 Å². The molecule has 0 aliphatic carbocycles. The second-order valence-corrected chi connectivity index (χ2v) is 1.65. The van der Waals surface area contributed by atoms with Crippen molar-refractivity contribution in [3.05, 3.63) is 0 Å². The zero-order valence-electron chi connectivity index (χ0n) is 3.30. The van der Waals surface area contributed by atoms with Crippen LogP contribution in [-0.2, 0) is 11.1 Å². The van der Waals surface area contributed by atoms with Gasteiger partial charge in [-0.05, 0) is 11.1 Å². The molecule has 0 fully saturated rings. The number of hydrogen-bond acceptors (Lipinski definition) is 4. The van der Waals surface area contributed by atoms with Gasteiger partial charge in [-0.1, -0.05) is 0 Å². The molecule has 2 N–H and O–H groups in total. The van der Waals surface area contributed by atoms with Crippen LogP contribution >= 0.6 is 0 Å². The van der Waals surface area contributed by atoms with Gasteiger partial charge >= 0.3 is 0 Å². The first kappa shape index (κ1) is 6.45. The predicted octanol–water partition coefficient (Wildman–Crippen LogP) is -0.508. The van der Waals surface area contributed by atoms with Gasteiger partial charge < -0.3 is 9.96 Å². The highest BCUT2D eigenvalue weighted by Gasteiger charge is 1.83. The Morgan fingerprint density at radius 3 is 2.29 bits per heavy atom. The Hall–Kier alpha value is -0.550. The van der Waals surface area contributed by atoms with Crippen molar-refractivity contribution in [2.24, 2.45) is 0 Å². The van der Waals surface area contributed by atoms with E-state index in [0.717, 1.165) is 0 Å². The molecule has 0 saturated heterocycles. The second-order valence-electron chi connectivity index (χ2n) is 0.743. The third-order valence-electron chi connectivity index (χ3n) is 0.311. The predicted molar refractivity (Wildman–Crippen MR) is 25.4 cm³/mol. The maximum absolute atomic E-state index is 9.55. The van der Waals surface area contributed by atoms with Gasteiger partial charge in [-0.25, -0.2) is 0 Å². The van der Waals surface area contributed by atoms with Gasteiger partial charge in [0.1, 0.15) is 5.04 Å². The van der Waals surface area contributed by atoms with Gasteiger partial charge in [0, 0.05) is 0 Å². The van der Waals surface area contributed by atoms with Gasteiger partial charge in [0.2, 0.25) is 0 Å². The Kier molecular flexibility index (Phi) is 2.39. The summed E-state index contributed by atoms with van der Waals surface area (Å²) in [7, 11) is 0. The van der Waals surface area contributed by atoms with Crippen molar-refractivity contribution in [2.45, 2.75) is 0 Å². The zero-order chi connectivity index (χ0) is 5.86. The van der Waals surface area contributed by atoms with Gasteiger partial charge in [-0.3, -0.25) is 9.62 Å². The highest BCUT2D eigenvalue weighted by atomic mass is 32.2. The standard InChI is InChI=1S/C2H4N2O2S/c3-1-2(4)7(5)6/h1,3-4H,(H,5,6)/p-1. The fraction of sp³-hybridized carbons (Fsp3) is 0. The van der Waals surface area contributed by atoms with Gasteiger partial charge in [0.15, 0.2) is 0 Å². The van der Waals surface area contributed by atoms with Crippen LogP contribution in [0.3, 0.4) is 0 Å². The molecule has 0 aromatic heterocycles. The Morgan fingerprint density at radius 1 is 1.86 bits per heavy atom. The van der Waals surface area contributed by atoms with Crippen LogP contribution in [0, 0.1) is 10.8 Å². The highest BCUT2D eigenvalue weighted by molar-refractivity contribution is 7.97. The van der Waals surface area contributed by atoms with Crippen molar-refractivity contribution >= 4 is 22.3 Å². The molecule has 0 rings (SSSR count). The van der Waals surface area contributed by atoms with Crippen molar-refractivity contribution in [2.75, 3.05) is 0 Å². The summed E-state index contributed by atoms with van der Waals surface area (Å²) in [5, 5.41) is 11.8. The smallest absolute Gasteiger partial charge is 0.122 e. The van der Waals surface area contributed by atoms with Crippen molar-refractivity contribution in [3.8, 4) is 0 Å². The van der Waals surface area contributed by atoms with E-state index in [0.29, 0.717) is 6.21 Å². The molecular weight excluding hydrogens is 116 g/mol. The van der Waals surface area contributed by atoms with Gasteiger partial charge in [-0.15, -0.1) is 0 Å². The molecular formula is C2H3N2O2S-. The molecule has 0 aromatic carbocycles. The van der Waals surface area contributed by atoms with Crippen LogP contribution in [0.15, 0.2) is 0 Å². The van der Waals surface area contributed by atoms with E-state index in [1.54, 1.807) is 0 Å². The molecule has 0 saturated carbocycles. The van der Waals surface area contributed by atoms with E-state index in [1.807, 2.05) is 0 Å². The summed E-state index contributed by atoms with van der Waals surface area (Å²) in [5.74, 6) is 0. The topological polar surface area (TPSA) is 87.8 Å². The average Bonchev–Trinajstić information content (AvgIpc) is 1.65. The Labute approximate surface area is 42.9 Å². The first-order valence-corrected chi connectivity index (χ1v) is 2.44. The maximum atomic E-state index is 9.55. The summed E-state index contributed by atoms with van der Waals surface area (Å²) in [6.45, 7) is 0. The molecule has 4 nitrogen and oxygen atoms in total. The summed E-state index contributed by atoms with van der Waals surface area (Å²) >= 11 is -2.52. The summed E-state index contributed by atoms with van der Waals surface area (Å²) in [4.78, 5) is 0. The molecule has 0 bridgehead atoms. The summed E-state index contributed by atoms with van der Waals surface area (Å²) < 4.78 is 19.1. The van der Waals surface area contributed by atoms with Crippen LogP contribution in [0.25, 0.3) is 0 Å². The van der Waals surface area contributed by atoms with Crippen LogP contribution in [0.1, 0.15) is 0 Å². The van der Waals surface area contributed by atoms with Crippen LogP contribution in [0.5, 0.6) is 0 Å². The molecule has 0 aliphatic heterocycles. The molecule has 0 radical (unpaired) electrons. The third-order valence-corrected chi connectivity index (χ3v) is 0.788. The molecule has 0 aliphatic rings. The Balaban J connectivity index is 3.81. The van der Waals surface area contributed by atoms with E-state index >= 15 is 0 Å². The van der Waals surface area contributed by atoms with Crippen molar-refractivity contribution in [1.82, 2.24) is 0 Å². The minimum Gasteiger partial charge on any atom is -0.767 e. The molecule has 0 aromatic rings. The van der Waals surface area contributed by atoms with Gasteiger partial charge in [0.25, 0.3) is 0 Å². The van der Waals surface area contributed by atoms with Crippen LogP contribution in [-0.4, -0.2) is 20.0 Å². The van der Waals surface area contributed by atoms with E-state index in [2.05, 4.69) is 0 Å². The maximum Gasteiger partial charge on any atom is 0.122 e. The van der Waals surface area contributed by atoms with Crippen LogP contribution in [0.2, 0.25) is 0 Å². The lowest BCUT2D eigenvalue weighted by atomic mass is 10.8. The van der Waals surface area contributed by atoms with Crippen molar-refractivity contribution < 1.29 is 8.76 Å². The first-order valence-electron chi connectivity index (χ1n) is 1.36. The Morgan fingerprint density at radius 2 is 2.29 bits per heavy atom. The van der Waals surface area contributed by atoms with Crippen LogP contribution in [0.4, 0.5) is 0 Å². The number of hydrogen-bond donors (Lipinski definition) is 2. The van der Waals surface area contributed by atoms with E-state index in [1.165, 1.54) is 0 Å². The normalized spacial score (nSPS) is 12.7. The number of rotatable bonds is 1. The fourth-order valence-electron chi connectivity index (χ4n) is 0.0481. The third kappa shape index (κ3) is 2.18. The molecule has 5 heteroatoms. The molecule has 40 valence electrons. The quantitative estimate of drug-likeness (QED) is 0.276. The lowest BCUT2D eigenvalue weighted by molar-refractivity contribution is 0.549. The van der Waals surface area contributed by atoms with E-state index in [-0.39, 0.29) is 0 Å². The Bertz CT molecular complexity index is 121. The first-order chi connectivity index (χ1) is 3.18. The molecule has 7 heavy (non-hydrogen) atoms. The monoisotopic (exact) mass is 119 g/mol. The zero-order valence-corrected chi connectivity index (χ0v) is 4.12. The summed E-state index contributed by atoms with van der Waals surface area (Å²) in [5.41, 5.74) is 0. The second kappa shape index (κ2) is 2.59.